The first-order chi connectivity index (χ1) is 12.1. The molecule has 1 amide bonds. The Kier molecular flexibility index (Phi) is 4.98. The summed E-state index contributed by atoms with van der Waals surface area (Å²) in [5.41, 5.74) is 1.93. The molecule has 8 heteroatoms. The predicted octanol–water partition coefficient (Wildman–Crippen LogP) is 1.67. The number of aryl methyl sites for hydroxylation is 2. The highest BCUT2D eigenvalue weighted by Crippen LogP contribution is 2.14. The van der Waals surface area contributed by atoms with E-state index in [1.807, 2.05) is 37.3 Å². The minimum absolute atomic E-state index is 0.116. The van der Waals surface area contributed by atoms with E-state index in [2.05, 4.69) is 25.8 Å². The van der Waals surface area contributed by atoms with Gasteiger partial charge in [0.2, 0.25) is 5.91 Å². The summed E-state index contributed by atoms with van der Waals surface area (Å²) in [6.45, 7) is 2.23. The number of nitrogens with one attached hydrogen (secondary N) is 1. The number of carbonyl (C=O) groups excluding carboxylic acids is 1. The second-order valence-corrected chi connectivity index (χ2v) is 5.60. The summed E-state index contributed by atoms with van der Waals surface area (Å²) in [6, 6.07) is 11.0. The zero-order chi connectivity index (χ0) is 17.6. The van der Waals surface area contributed by atoms with Gasteiger partial charge in [0.25, 0.3) is 0 Å². The van der Waals surface area contributed by atoms with Gasteiger partial charge < -0.3 is 10.1 Å². The average Bonchev–Trinajstić information content (AvgIpc) is 3.01. The fourth-order valence-electron chi connectivity index (χ4n) is 2.14. The molecule has 0 atom stereocenters. The predicted molar refractivity (Wildman–Crippen MR) is 90.9 cm³/mol. The SMILES string of the molecule is Cc1ccc(NC(=O)Cc2ccc(OCc3nnnn3C)cc2)nc1. The van der Waals surface area contributed by atoms with Crippen molar-refractivity contribution < 1.29 is 9.53 Å². The Morgan fingerprint density at radius 3 is 2.64 bits per heavy atom. The first kappa shape index (κ1) is 16.6. The maximum absolute atomic E-state index is 12.1. The van der Waals surface area contributed by atoms with Crippen molar-refractivity contribution in [2.75, 3.05) is 5.32 Å². The number of hydrogen-bond donors (Lipinski definition) is 1. The molecule has 0 saturated carbocycles. The molecule has 0 saturated heterocycles. The number of aromatic nitrogens is 5. The highest BCUT2D eigenvalue weighted by Gasteiger charge is 2.06. The summed E-state index contributed by atoms with van der Waals surface area (Å²) in [4.78, 5) is 16.2. The fourth-order valence-corrected chi connectivity index (χ4v) is 2.14. The molecule has 3 rings (SSSR count). The maximum atomic E-state index is 12.1. The van der Waals surface area contributed by atoms with Crippen molar-refractivity contribution in [1.82, 2.24) is 25.2 Å². The van der Waals surface area contributed by atoms with Gasteiger partial charge in [0.1, 0.15) is 18.2 Å². The van der Waals surface area contributed by atoms with Crippen molar-refractivity contribution in [1.29, 1.82) is 0 Å². The summed E-state index contributed by atoms with van der Waals surface area (Å²) in [5, 5.41) is 13.9. The lowest BCUT2D eigenvalue weighted by Gasteiger charge is -2.07. The van der Waals surface area contributed by atoms with Crippen LogP contribution in [0.5, 0.6) is 5.75 Å². The van der Waals surface area contributed by atoms with Gasteiger partial charge in [-0.1, -0.05) is 18.2 Å². The number of hydrogen-bond acceptors (Lipinski definition) is 6. The summed E-state index contributed by atoms with van der Waals surface area (Å²) in [5.74, 6) is 1.75. The number of benzene rings is 1. The van der Waals surface area contributed by atoms with Gasteiger partial charge in [0.15, 0.2) is 5.82 Å². The van der Waals surface area contributed by atoms with Gasteiger partial charge in [-0.15, -0.1) is 5.10 Å². The summed E-state index contributed by atoms with van der Waals surface area (Å²) in [6.07, 6.45) is 1.98. The van der Waals surface area contributed by atoms with Crippen LogP contribution >= 0.6 is 0 Å². The summed E-state index contributed by atoms with van der Waals surface area (Å²) < 4.78 is 7.18. The molecule has 0 spiro atoms. The second-order valence-electron chi connectivity index (χ2n) is 5.60. The molecular formula is C17H18N6O2. The number of ether oxygens (including phenoxy) is 1. The molecule has 0 aliphatic carbocycles. The zero-order valence-corrected chi connectivity index (χ0v) is 14.0. The first-order valence-electron chi connectivity index (χ1n) is 7.75. The third kappa shape index (κ3) is 4.60. The third-order valence-electron chi connectivity index (χ3n) is 3.54. The van der Waals surface area contributed by atoms with Crippen LogP contribution in [0.1, 0.15) is 17.0 Å². The Labute approximate surface area is 144 Å². The van der Waals surface area contributed by atoms with Crippen molar-refractivity contribution in [2.24, 2.45) is 7.05 Å². The van der Waals surface area contributed by atoms with E-state index < -0.39 is 0 Å². The van der Waals surface area contributed by atoms with E-state index in [0.29, 0.717) is 17.4 Å². The number of rotatable bonds is 6. The molecule has 2 aromatic heterocycles. The van der Waals surface area contributed by atoms with Crippen molar-refractivity contribution in [3.63, 3.8) is 0 Å². The number of tetrazole rings is 1. The Hall–Kier alpha value is -3.29. The lowest BCUT2D eigenvalue weighted by Crippen LogP contribution is -2.15. The van der Waals surface area contributed by atoms with Gasteiger partial charge in [0.05, 0.1) is 6.42 Å². The highest BCUT2D eigenvalue weighted by molar-refractivity contribution is 5.91. The lowest BCUT2D eigenvalue weighted by molar-refractivity contribution is -0.115. The Bertz CT molecular complexity index is 842. The minimum Gasteiger partial charge on any atom is -0.486 e. The van der Waals surface area contributed by atoms with Crippen LogP contribution in [0.2, 0.25) is 0 Å². The van der Waals surface area contributed by atoms with E-state index in [1.165, 1.54) is 0 Å². The molecule has 25 heavy (non-hydrogen) atoms. The lowest BCUT2D eigenvalue weighted by atomic mass is 10.1. The molecule has 2 heterocycles. The molecule has 0 unspecified atom stereocenters. The van der Waals surface area contributed by atoms with Crippen molar-refractivity contribution >= 4 is 11.7 Å². The Morgan fingerprint density at radius 1 is 1.20 bits per heavy atom. The zero-order valence-electron chi connectivity index (χ0n) is 14.0. The molecule has 1 N–H and O–H groups in total. The maximum Gasteiger partial charge on any atom is 0.229 e. The van der Waals surface area contributed by atoms with Crippen LogP contribution in [0.25, 0.3) is 0 Å². The van der Waals surface area contributed by atoms with Gasteiger partial charge in [0, 0.05) is 13.2 Å². The number of nitrogens with zero attached hydrogens (tertiary/aromatic N) is 5. The van der Waals surface area contributed by atoms with Gasteiger partial charge >= 0.3 is 0 Å². The second kappa shape index (κ2) is 7.52. The van der Waals surface area contributed by atoms with Crippen molar-refractivity contribution in [3.05, 3.63) is 59.5 Å². The molecule has 0 fully saturated rings. The van der Waals surface area contributed by atoms with Crippen LogP contribution in [0.4, 0.5) is 5.82 Å². The van der Waals surface area contributed by atoms with Crippen LogP contribution in [0.3, 0.4) is 0 Å². The van der Waals surface area contributed by atoms with Crippen LogP contribution in [0.15, 0.2) is 42.6 Å². The van der Waals surface area contributed by atoms with Crippen LogP contribution < -0.4 is 10.1 Å². The molecular weight excluding hydrogens is 320 g/mol. The van der Waals surface area contributed by atoms with Gasteiger partial charge in [-0.25, -0.2) is 9.67 Å². The Morgan fingerprint density at radius 2 is 2.00 bits per heavy atom. The smallest absolute Gasteiger partial charge is 0.229 e. The largest absolute Gasteiger partial charge is 0.486 e. The third-order valence-corrected chi connectivity index (χ3v) is 3.54. The molecule has 1 aromatic carbocycles. The Balaban J connectivity index is 1.52. The quantitative estimate of drug-likeness (QED) is 0.735. The molecule has 128 valence electrons. The van der Waals surface area contributed by atoms with Crippen LogP contribution in [0, 0.1) is 6.92 Å². The molecule has 8 nitrogen and oxygen atoms in total. The van der Waals surface area contributed by atoms with E-state index in [0.717, 1.165) is 11.1 Å². The monoisotopic (exact) mass is 338 g/mol. The topological polar surface area (TPSA) is 94.8 Å². The molecule has 0 aliphatic heterocycles. The minimum atomic E-state index is -0.116. The van der Waals surface area contributed by atoms with Crippen LogP contribution in [-0.4, -0.2) is 31.1 Å². The summed E-state index contributed by atoms with van der Waals surface area (Å²) in [7, 11) is 1.75. The number of anilines is 1. The van der Waals surface area contributed by atoms with E-state index >= 15 is 0 Å². The first-order valence-corrected chi connectivity index (χ1v) is 7.75. The molecule has 0 aliphatic rings. The molecule has 3 aromatic rings. The van der Waals surface area contributed by atoms with E-state index in [4.69, 9.17) is 4.74 Å². The van der Waals surface area contributed by atoms with Crippen molar-refractivity contribution in [2.45, 2.75) is 20.0 Å². The standard InChI is InChI=1S/C17H18N6O2/c1-12-3-8-15(18-10-12)19-17(24)9-13-4-6-14(7-5-13)25-11-16-20-21-22-23(16)2/h3-8,10H,9,11H2,1-2H3,(H,18,19,24). The number of pyridine rings is 1. The molecule has 0 bridgehead atoms. The van der Waals surface area contributed by atoms with Gasteiger partial charge in [-0.05, 0) is 46.7 Å². The van der Waals surface area contributed by atoms with E-state index in [-0.39, 0.29) is 18.9 Å². The normalized spacial score (nSPS) is 10.5. The van der Waals surface area contributed by atoms with Crippen LogP contribution in [-0.2, 0) is 24.9 Å². The highest BCUT2D eigenvalue weighted by atomic mass is 16.5. The number of amides is 1. The van der Waals surface area contributed by atoms with E-state index in [9.17, 15) is 4.79 Å². The van der Waals surface area contributed by atoms with E-state index in [1.54, 1.807) is 24.0 Å². The number of carbonyl (C=O) groups is 1. The van der Waals surface area contributed by atoms with Gasteiger partial charge in [-0.2, -0.15) is 0 Å². The molecule has 0 radical (unpaired) electrons. The summed E-state index contributed by atoms with van der Waals surface area (Å²) >= 11 is 0. The average molecular weight is 338 g/mol. The van der Waals surface area contributed by atoms with Gasteiger partial charge in [-0.3, -0.25) is 4.79 Å². The fraction of sp³-hybridized carbons (Fsp3) is 0.235. The van der Waals surface area contributed by atoms with Crippen molar-refractivity contribution in [3.8, 4) is 5.75 Å².